The maximum atomic E-state index is 12.0. The van der Waals surface area contributed by atoms with E-state index < -0.39 is 0 Å². The van der Waals surface area contributed by atoms with Crippen LogP contribution in [-0.4, -0.2) is 24.2 Å². The standard InChI is InChI=1S/C17H23N3O3/c1-5-22-13-9-7-6-8-12(13)18-11-15(21)19-16-10-14(20-23-16)17(2,3)4/h6-10,18H,5,11H2,1-4H3,(H,19,21). The number of ether oxygens (including phenoxy) is 1. The molecule has 2 aromatic rings. The van der Waals surface area contributed by atoms with Crippen LogP contribution in [-0.2, 0) is 10.2 Å². The Morgan fingerprint density at radius 3 is 2.70 bits per heavy atom. The van der Waals surface area contributed by atoms with Gasteiger partial charge in [0.25, 0.3) is 0 Å². The van der Waals surface area contributed by atoms with Crippen LogP contribution in [0.3, 0.4) is 0 Å². The molecule has 0 fully saturated rings. The number of hydrogen-bond acceptors (Lipinski definition) is 5. The van der Waals surface area contributed by atoms with E-state index in [1.165, 1.54) is 0 Å². The zero-order chi connectivity index (χ0) is 16.9. The van der Waals surface area contributed by atoms with Crippen molar-refractivity contribution >= 4 is 17.5 Å². The largest absolute Gasteiger partial charge is 0.492 e. The van der Waals surface area contributed by atoms with Crippen molar-refractivity contribution in [2.75, 3.05) is 23.8 Å². The van der Waals surface area contributed by atoms with Crippen LogP contribution in [0.25, 0.3) is 0 Å². The predicted octanol–water partition coefficient (Wildman–Crippen LogP) is 3.42. The highest BCUT2D eigenvalue weighted by Gasteiger charge is 2.19. The van der Waals surface area contributed by atoms with Gasteiger partial charge < -0.3 is 14.6 Å². The van der Waals surface area contributed by atoms with Crippen molar-refractivity contribution in [3.8, 4) is 5.75 Å². The topological polar surface area (TPSA) is 76.4 Å². The van der Waals surface area contributed by atoms with E-state index in [4.69, 9.17) is 9.26 Å². The van der Waals surface area contributed by atoms with Gasteiger partial charge in [0.1, 0.15) is 5.75 Å². The number of aromatic nitrogens is 1. The van der Waals surface area contributed by atoms with E-state index >= 15 is 0 Å². The normalized spacial score (nSPS) is 11.1. The summed E-state index contributed by atoms with van der Waals surface area (Å²) in [7, 11) is 0. The van der Waals surface area contributed by atoms with E-state index in [-0.39, 0.29) is 17.9 Å². The van der Waals surface area contributed by atoms with Crippen molar-refractivity contribution in [3.63, 3.8) is 0 Å². The van der Waals surface area contributed by atoms with E-state index in [0.717, 1.165) is 17.1 Å². The summed E-state index contributed by atoms with van der Waals surface area (Å²) in [4.78, 5) is 12.0. The molecule has 0 aliphatic heterocycles. The number of hydrogen-bond donors (Lipinski definition) is 2. The Morgan fingerprint density at radius 2 is 2.04 bits per heavy atom. The first-order chi connectivity index (χ1) is 10.9. The van der Waals surface area contributed by atoms with Gasteiger partial charge in [0.05, 0.1) is 24.5 Å². The second-order valence-corrected chi connectivity index (χ2v) is 6.16. The molecule has 124 valence electrons. The third-order valence-electron chi connectivity index (χ3n) is 3.17. The fraction of sp³-hybridized carbons (Fsp3) is 0.412. The molecule has 0 bridgehead atoms. The number of anilines is 2. The van der Waals surface area contributed by atoms with E-state index in [1.807, 2.05) is 52.0 Å². The highest BCUT2D eigenvalue weighted by atomic mass is 16.5. The lowest BCUT2D eigenvalue weighted by Crippen LogP contribution is -2.21. The summed E-state index contributed by atoms with van der Waals surface area (Å²) >= 11 is 0. The molecule has 0 aliphatic carbocycles. The summed E-state index contributed by atoms with van der Waals surface area (Å²) in [5.74, 6) is 0.852. The van der Waals surface area contributed by atoms with Gasteiger partial charge in [-0.1, -0.05) is 38.1 Å². The lowest BCUT2D eigenvalue weighted by Gasteiger charge is -2.12. The Labute approximate surface area is 136 Å². The first-order valence-corrected chi connectivity index (χ1v) is 7.63. The molecule has 0 spiro atoms. The summed E-state index contributed by atoms with van der Waals surface area (Å²) in [6.07, 6.45) is 0. The molecule has 0 saturated heterocycles. The number of nitrogens with zero attached hydrogens (tertiary/aromatic N) is 1. The van der Waals surface area contributed by atoms with E-state index in [9.17, 15) is 4.79 Å². The van der Waals surface area contributed by atoms with E-state index in [0.29, 0.717) is 12.5 Å². The quantitative estimate of drug-likeness (QED) is 0.853. The molecule has 1 amide bonds. The minimum atomic E-state index is -0.215. The zero-order valence-corrected chi connectivity index (χ0v) is 14.0. The molecule has 0 saturated carbocycles. The van der Waals surface area contributed by atoms with Crippen molar-refractivity contribution in [3.05, 3.63) is 36.0 Å². The summed E-state index contributed by atoms with van der Waals surface area (Å²) in [5, 5.41) is 9.71. The molecule has 0 aliphatic rings. The van der Waals surface area contributed by atoms with Gasteiger partial charge in [0.2, 0.25) is 11.8 Å². The molecule has 6 heteroatoms. The van der Waals surface area contributed by atoms with Crippen LogP contribution < -0.4 is 15.4 Å². The molecule has 1 aromatic carbocycles. The minimum Gasteiger partial charge on any atom is -0.492 e. The van der Waals surface area contributed by atoms with Crippen molar-refractivity contribution in [1.29, 1.82) is 0 Å². The Balaban J connectivity index is 1.92. The smallest absolute Gasteiger partial charge is 0.246 e. The summed E-state index contributed by atoms with van der Waals surface area (Å²) < 4.78 is 10.6. The van der Waals surface area contributed by atoms with Gasteiger partial charge in [0.15, 0.2) is 0 Å². The molecule has 1 aromatic heterocycles. The second-order valence-electron chi connectivity index (χ2n) is 6.16. The molecule has 0 radical (unpaired) electrons. The fourth-order valence-electron chi connectivity index (χ4n) is 1.94. The maximum Gasteiger partial charge on any atom is 0.246 e. The van der Waals surface area contributed by atoms with Crippen molar-refractivity contribution < 1.29 is 14.1 Å². The van der Waals surface area contributed by atoms with E-state index in [1.54, 1.807) is 6.07 Å². The van der Waals surface area contributed by atoms with Gasteiger partial charge in [-0.3, -0.25) is 10.1 Å². The number of rotatable bonds is 6. The molecular formula is C17H23N3O3. The molecular weight excluding hydrogens is 294 g/mol. The molecule has 1 heterocycles. The number of carbonyl (C=O) groups is 1. The van der Waals surface area contributed by atoms with Crippen LogP contribution >= 0.6 is 0 Å². The van der Waals surface area contributed by atoms with E-state index in [2.05, 4.69) is 15.8 Å². The summed E-state index contributed by atoms with van der Waals surface area (Å²) in [6, 6.07) is 9.24. The second kappa shape index (κ2) is 7.17. The first kappa shape index (κ1) is 16.9. The fourth-order valence-corrected chi connectivity index (χ4v) is 1.94. The molecule has 2 N–H and O–H groups in total. The van der Waals surface area contributed by atoms with Gasteiger partial charge in [-0.2, -0.15) is 0 Å². The number of para-hydroxylation sites is 2. The van der Waals surface area contributed by atoms with Crippen LogP contribution in [0.15, 0.2) is 34.9 Å². The molecule has 2 rings (SSSR count). The number of amides is 1. The number of nitrogens with one attached hydrogen (secondary N) is 2. The predicted molar refractivity (Wildman–Crippen MR) is 89.9 cm³/mol. The van der Waals surface area contributed by atoms with Crippen LogP contribution in [0, 0.1) is 0 Å². The van der Waals surface area contributed by atoms with Gasteiger partial charge in [0, 0.05) is 11.5 Å². The number of benzene rings is 1. The Hall–Kier alpha value is -2.50. The molecule has 0 unspecified atom stereocenters. The summed E-state index contributed by atoms with van der Waals surface area (Å²) in [6.45, 7) is 8.68. The van der Waals surface area contributed by atoms with Crippen molar-refractivity contribution in [2.24, 2.45) is 0 Å². The lowest BCUT2D eigenvalue weighted by molar-refractivity contribution is -0.114. The SMILES string of the molecule is CCOc1ccccc1NCC(=O)Nc1cc(C(C)(C)C)no1. The first-order valence-electron chi connectivity index (χ1n) is 7.63. The zero-order valence-electron chi connectivity index (χ0n) is 14.0. The minimum absolute atomic E-state index is 0.107. The average Bonchev–Trinajstić information content (AvgIpc) is 2.95. The van der Waals surface area contributed by atoms with Crippen LogP contribution in [0.5, 0.6) is 5.75 Å². The Bertz CT molecular complexity index is 659. The van der Waals surface area contributed by atoms with Gasteiger partial charge in [-0.15, -0.1) is 0 Å². The number of carbonyl (C=O) groups excluding carboxylic acids is 1. The maximum absolute atomic E-state index is 12.0. The summed E-state index contributed by atoms with van der Waals surface area (Å²) in [5.41, 5.74) is 1.45. The third-order valence-corrected chi connectivity index (χ3v) is 3.17. The molecule has 6 nitrogen and oxygen atoms in total. The lowest BCUT2D eigenvalue weighted by atomic mass is 9.92. The van der Waals surface area contributed by atoms with Crippen molar-refractivity contribution in [1.82, 2.24) is 5.16 Å². The van der Waals surface area contributed by atoms with Gasteiger partial charge in [-0.05, 0) is 19.1 Å². The average molecular weight is 317 g/mol. The van der Waals surface area contributed by atoms with Crippen LogP contribution in [0.1, 0.15) is 33.4 Å². The monoisotopic (exact) mass is 317 g/mol. The van der Waals surface area contributed by atoms with Gasteiger partial charge >= 0.3 is 0 Å². The highest BCUT2D eigenvalue weighted by Crippen LogP contribution is 2.24. The highest BCUT2D eigenvalue weighted by molar-refractivity contribution is 5.92. The third kappa shape index (κ3) is 4.74. The van der Waals surface area contributed by atoms with Crippen LogP contribution in [0.4, 0.5) is 11.6 Å². The Kier molecular flexibility index (Phi) is 5.26. The molecule has 23 heavy (non-hydrogen) atoms. The van der Waals surface area contributed by atoms with Gasteiger partial charge in [-0.25, -0.2) is 0 Å². The van der Waals surface area contributed by atoms with Crippen LogP contribution in [0.2, 0.25) is 0 Å². The molecule has 0 atom stereocenters. The Morgan fingerprint density at radius 1 is 1.30 bits per heavy atom. The van der Waals surface area contributed by atoms with Crippen molar-refractivity contribution in [2.45, 2.75) is 33.1 Å².